The van der Waals surface area contributed by atoms with Crippen molar-refractivity contribution in [3.05, 3.63) is 30.5 Å². The van der Waals surface area contributed by atoms with Crippen LogP contribution >= 0.6 is 0 Å². The highest BCUT2D eigenvalue weighted by Crippen LogP contribution is 2.15. The number of fused-ring (bicyclic) bond motifs is 1. The molecular weight excluding hydrogens is 228 g/mol. The van der Waals surface area contributed by atoms with Gasteiger partial charge in [0.25, 0.3) is 0 Å². The summed E-state index contributed by atoms with van der Waals surface area (Å²) in [7, 11) is 0. The minimum atomic E-state index is -0.942. The molecule has 96 valence electrons. The Morgan fingerprint density at radius 1 is 1.44 bits per heavy atom. The molecule has 1 aromatic carbocycles. The molecular formula is C13H18N4O. The summed E-state index contributed by atoms with van der Waals surface area (Å²) in [5.74, 6) is -0.465. The molecule has 2 rings (SSSR count). The Kier molecular flexibility index (Phi) is 3.34. The molecule has 1 amide bonds. The van der Waals surface area contributed by atoms with Crippen LogP contribution in [-0.4, -0.2) is 21.2 Å². The van der Waals surface area contributed by atoms with Crippen LogP contribution < -0.4 is 11.5 Å². The average Bonchev–Trinajstić information content (AvgIpc) is 2.72. The SMILES string of the molecule is CC(N)(CCCn1ncc2ccccc21)C(N)=O. The predicted octanol–water partition coefficient (Wildman–Crippen LogP) is 1.02. The molecule has 0 saturated carbocycles. The number of rotatable bonds is 5. The standard InChI is InChI=1S/C13H18N4O/c1-13(15,12(14)18)7-4-8-17-11-6-3-2-5-10(11)9-16-17/h2-3,5-6,9H,4,7-8,15H2,1H3,(H2,14,18). The zero-order valence-corrected chi connectivity index (χ0v) is 10.5. The highest BCUT2D eigenvalue weighted by Gasteiger charge is 2.24. The predicted molar refractivity (Wildman–Crippen MR) is 70.8 cm³/mol. The first-order chi connectivity index (χ1) is 8.50. The average molecular weight is 246 g/mol. The number of hydrogen-bond donors (Lipinski definition) is 2. The lowest BCUT2D eigenvalue weighted by molar-refractivity contribution is -0.122. The van der Waals surface area contributed by atoms with Crippen LogP contribution in [0, 0.1) is 0 Å². The minimum Gasteiger partial charge on any atom is -0.368 e. The Morgan fingerprint density at radius 3 is 2.89 bits per heavy atom. The van der Waals surface area contributed by atoms with Crippen LogP contribution in [0.3, 0.4) is 0 Å². The van der Waals surface area contributed by atoms with Gasteiger partial charge in [-0.15, -0.1) is 0 Å². The fourth-order valence-corrected chi connectivity index (χ4v) is 1.92. The molecule has 1 unspecified atom stereocenters. The van der Waals surface area contributed by atoms with E-state index in [0.717, 1.165) is 23.9 Å². The Balaban J connectivity index is 2.01. The van der Waals surface area contributed by atoms with Crippen molar-refractivity contribution in [1.82, 2.24) is 9.78 Å². The molecule has 2 aromatic rings. The second-order valence-electron chi connectivity index (χ2n) is 4.81. The fourth-order valence-electron chi connectivity index (χ4n) is 1.92. The molecule has 0 aliphatic carbocycles. The van der Waals surface area contributed by atoms with E-state index in [1.54, 1.807) is 6.92 Å². The van der Waals surface area contributed by atoms with E-state index in [9.17, 15) is 4.79 Å². The fraction of sp³-hybridized carbons (Fsp3) is 0.385. The van der Waals surface area contributed by atoms with E-state index in [1.165, 1.54) is 0 Å². The van der Waals surface area contributed by atoms with Gasteiger partial charge < -0.3 is 11.5 Å². The van der Waals surface area contributed by atoms with E-state index in [0.29, 0.717) is 6.42 Å². The number of para-hydroxylation sites is 1. The third kappa shape index (κ3) is 2.51. The molecule has 0 bridgehead atoms. The van der Waals surface area contributed by atoms with Gasteiger partial charge in [-0.1, -0.05) is 18.2 Å². The minimum absolute atomic E-state index is 0.465. The van der Waals surface area contributed by atoms with Crippen molar-refractivity contribution >= 4 is 16.8 Å². The van der Waals surface area contributed by atoms with Crippen LogP contribution in [0.25, 0.3) is 10.9 Å². The second kappa shape index (κ2) is 4.78. The molecule has 5 heteroatoms. The highest BCUT2D eigenvalue weighted by molar-refractivity contribution is 5.83. The molecule has 0 radical (unpaired) electrons. The Morgan fingerprint density at radius 2 is 2.17 bits per heavy atom. The van der Waals surface area contributed by atoms with Crippen molar-refractivity contribution in [2.75, 3.05) is 0 Å². The number of benzene rings is 1. The first-order valence-corrected chi connectivity index (χ1v) is 6.00. The molecule has 1 atom stereocenters. The maximum absolute atomic E-state index is 11.1. The van der Waals surface area contributed by atoms with Crippen molar-refractivity contribution < 1.29 is 4.79 Å². The summed E-state index contributed by atoms with van der Waals surface area (Å²) in [4.78, 5) is 11.1. The van der Waals surface area contributed by atoms with E-state index in [4.69, 9.17) is 11.5 Å². The molecule has 0 spiro atoms. The quantitative estimate of drug-likeness (QED) is 0.825. The maximum atomic E-state index is 11.1. The van der Waals surface area contributed by atoms with Crippen molar-refractivity contribution in [2.24, 2.45) is 11.5 Å². The van der Waals surface area contributed by atoms with Crippen molar-refractivity contribution in [3.63, 3.8) is 0 Å². The van der Waals surface area contributed by atoms with Crippen molar-refractivity contribution in [1.29, 1.82) is 0 Å². The number of hydrogen-bond acceptors (Lipinski definition) is 3. The third-order valence-corrected chi connectivity index (χ3v) is 3.18. The zero-order valence-electron chi connectivity index (χ0n) is 10.5. The monoisotopic (exact) mass is 246 g/mol. The number of primary amides is 1. The van der Waals surface area contributed by atoms with Gasteiger partial charge in [-0.25, -0.2) is 0 Å². The number of amides is 1. The largest absolute Gasteiger partial charge is 0.368 e. The van der Waals surface area contributed by atoms with Gasteiger partial charge in [-0.05, 0) is 25.8 Å². The number of aromatic nitrogens is 2. The van der Waals surface area contributed by atoms with Gasteiger partial charge in [0.15, 0.2) is 0 Å². The Labute approximate surface area is 106 Å². The van der Waals surface area contributed by atoms with E-state index in [1.807, 2.05) is 35.1 Å². The van der Waals surface area contributed by atoms with E-state index >= 15 is 0 Å². The summed E-state index contributed by atoms with van der Waals surface area (Å²) in [6, 6.07) is 8.02. The van der Waals surface area contributed by atoms with Gasteiger partial charge in [0.05, 0.1) is 17.3 Å². The van der Waals surface area contributed by atoms with E-state index < -0.39 is 11.4 Å². The number of nitrogens with two attached hydrogens (primary N) is 2. The normalized spacial score (nSPS) is 14.6. The van der Waals surface area contributed by atoms with Crippen LogP contribution in [0.1, 0.15) is 19.8 Å². The number of aryl methyl sites for hydroxylation is 1. The van der Waals surface area contributed by atoms with E-state index in [2.05, 4.69) is 5.10 Å². The first kappa shape index (κ1) is 12.6. The Hall–Kier alpha value is -1.88. The van der Waals surface area contributed by atoms with Crippen molar-refractivity contribution in [3.8, 4) is 0 Å². The smallest absolute Gasteiger partial charge is 0.237 e. The van der Waals surface area contributed by atoms with Gasteiger partial charge in [0, 0.05) is 11.9 Å². The molecule has 0 saturated heterocycles. The molecule has 0 aliphatic rings. The molecule has 0 aliphatic heterocycles. The molecule has 5 nitrogen and oxygen atoms in total. The molecule has 0 fully saturated rings. The molecule has 4 N–H and O–H groups in total. The lowest BCUT2D eigenvalue weighted by Crippen LogP contribution is -2.49. The highest BCUT2D eigenvalue weighted by atomic mass is 16.1. The summed E-state index contributed by atoms with van der Waals surface area (Å²) in [6.45, 7) is 2.39. The molecule has 18 heavy (non-hydrogen) atoms. The summed E-state index contributed by atoms with van der Waals surface area (Å²) in [5.41, 5.74) is 11.2. The lowest BCUT2D eigenvalue weighted by Gasteiger charge is -2.20. The number of carbonyl (C=O) groups is 1. The number of nitrogens with zero attached hydrogens (tertiary/aromatic N) is 2. The number of carbonyl (C=O) groups excluding carboxylic acids is 1. The maximum Gasteiger partial charge on any atom is 0.237 e. The van der Waals surface area contributed by atoms with Gasteiger partial charge in [-0.2, -0.15) is 5.10 Å². The molecule has 1 heterocycles. The topological polar surface area (TPSA) is 86.9 Å². The third-order valence-electron chi connectivity index (χ3n) is 3.18. The van der Waals surface area contributed by atoms with Crippen LogP contribution in [0.5, 0.6) is 0 Å². The van der Waals surface area contributed by atoms with Gasteiger partial charge in [-0.3, -0.25) is 9.48 Å². The lowest BCUT2D eigenvalue weighted by atomic mass is 9.96. The summed E-state index contributed by atoms with van der Waals surface area (Å²) in [5, 5.41) is 5.43. The van der Waals surface area contributed by atoms with Crippen LogP contribution in [0.2, 0.25) is 0 Å². The van der Waals surface area contributed by atoms with Crippen LogP contribution in [0.4, 0.5) is 0 Å². The zero-order chi connectivity index (χ0) is 13.2. The van der Waals surface area contributed by atoms with Gasteiger partial charge in [0.2, 0.25) is 5.91 Å². The second-order valence-corrected chi connectivity index (χ2v) is 4.81. The van der Waals surface area contributed by atoms with Crippen molar-refractivity contribution in [2.45, 2.75) is 31.8 Å². The molecule has 1 aromatic heterocycles. The van der Waals surface area contributed by atoms with Gasteiger partial charge >= 0.3 is 0 Å². The first-order valence-electron chi connectivity index (χ1n) is 6.00. The summed E-state index contributed by atoms with van der Waals surface area (Å²) >= 11 is 0. The van der Waals surface area contributed by atoms with Gasteiger partial charge in [0.1, 0.15) is 0 Å². The Bertz CT molecular complexity index is 559. The summed E-state index contributed by atoms with van der Waals surface area (Å²) in [6.07, 6.45) is 3.16. The van der Waals surface area contributed by atoms with Crippen LogP contribution in [-0.2, 0) is 11.3 Å². The summed E-state index contributed by atoms with van der Waals surface area (Å²) < 4.78 is 1.92. The van der Waals surface area contributed by atoms with E-state index in [-0.39, 0.29) is 0 Å². The van der Waals surface area contributed by atoms with Crippen LogP contribution in [0.15, 0.2) is 30.5 Å².